The average molecular weight is 306 g/mol. The van der Waals surface area contributed by atoms with Crippen LogP contribution in [-0.4, -0.2) is 31.3 Å². The number of aromatic nitrogens is 5. The first-order valence-electron chi connectivity index (χ1n) is 7.54. The second-order valence-corrected chi connectivity index (χ2v) is 5.40. The second kappa shape index (κ2) is 5.74. The van der Waals surface area contributed by atoms with Crippen molar-refractivity contribution in [2.24, 2.45) is 0 Å². The fourth-order valence-electron chi connectivity index (χ4n) is 2.81. The van der Waals surface area contributed by atoms with E-state index in [1.165, 1.54) is 0 Å². The Labute approximate surface area is 132 Å². The van der Waals surface area contributed by atoms with Crippen LogP contribution in [0.2, 0.25) is 0 Å². The fourth-order valence-corrected chi connectivity index (χ4v) is 2.81. The van der Waals surface area contributed by atoms with Gasteiger partial charge in [0, 0.05) is 36.1 Å². The predicted octanol–water partition coefficient (Wildman–Crippen LogP) is 2.46. The summed E-state index contributed by atoms with van der Waals surface area (Å²) in [5, 5.41) is 14.5. The Morgan fingerprint density at radius 1 is 1.22 bits per heavy atom. The number of nitrogens with zero attached hydrogens (tertiary/aromatic N) is 6. The van der Waals surface area contributed by atoms with Gasteiger partial charge in [-0.25, -0.2) is 19.6 Å². The molecule has 0 N–H and O–H groups in total. The molecule has 1 fully saturated rings. The highest BCUT2D eigenvalue weighted by atomic mass is 16.5. The van der Waals surface area contributed by atoms with Gasteiger partial charge in [0.2, 0.25) is 5.82 Å². The summed E-state index contributed by atoms with van der Waals surface area (Å²) in [7, 11) is 0. The smallest absolute Gasteiger partial charge is 0.232 e. The summed E-state index contributed by atoms with van der Waals surface area (Å²) in [5.41, 5.74) is 2.31. The van der Waals surface area contributed by atoms with Crippen molar-refractivity contribution in [3.8, 4) is 17.3 Å². The summed E-state index contributed by atoms with van der Waals surface area (Å²) in [4.78, 5) is 12.5. The average Bonchev–Trinajstić information content (AvgIpc) is 3.02. The second-order valence-electron chi connectivity index (χ2n) is 5.40. The molecule has 1 aliphatic rings. The summed E-state index contributed by atoms with van der Waals surface area (Å²) in [6.45, 7) is 0.744. The topological polar surface area (TPSA) is 89.5 Å². The predicted molar refractivity (Wildman–Crippen MR) is 82.1 cm³/mol. The Balaban J connectivity index is 1.84. The van der Waals surface area contributed by atoms with Crippen LogP contribution >= 0.6 is 0 Å². The molecule has 1 saturated heterocycles. The molecule has 0 saturated carbocycles. The van der Waals surface area contributed by atoms with Crippen molar-refractivity contribution in [3.05, 3.63) is 36.5 Å². The van der Waals surface area contributed by atoms with E-state index in [0.717, 1.165) is 48.2 Å². The molecule has 23 heavy (non-hydrogen) atoms. The minimum atomic E-state index is -0.0887. The number of pyridine rings is 1. The van der Waals surface area contributed by atoms with Gasteiger partial charge >= 0.3 is 0 Å². The highest BCUT2D eigenvalue weighted by Crippen LogP contribution is 2.31. The number of fused-ring (bicyclic) bond motifs is 1. The van der Waals surface area contributed by atoms with Gasteiger partial charge in [0.25, 0.3) is 0 Å². The molecule has 0 aromatic carbocycles. The quantitative estimate of drug-likeness (QED) is 0.722. The zero-order valence-corrected chi connectivity index (χ0v) is 12.4. The van der Waals surface area contributed by atoms with Crippen molar-refractivity contribution in [2.75, 3.05) is 6.61 Å². The molecule has 0 aliphatic carbocycles. The van der Waals surface area contributed by atoms with Gasteiger partial charge in [-0.05, 0) is 31.4 Å². The van der Waals surface area contributed by atoms with E-state index in [1.54, 1.807) is 18.6 Å². The van der Waals surface area contributed by atoms with Crippen LogP contribution in [0, 0.1) is 11.3 Å². The van der Waals surface area contributed by atoms with Gasteiger partial charge in [0.1, 0.15) is 11.8 Å². The van der Waals surface area contributed by atoms with Crippen LogP contribution in [0.1, 0.15) is 31.3 Å². The molecule has 0 spiro atoms. The Kier molecular flexibility index (Phi) is 3.44. The Morgan fingerprint density at radius 3 is 2.83 bits per heavy atom. The molecule has 114 valence electrons. The van der Waals surface area contributed by atoms with Crippen molar-refractivity contribution < 1.29 is 4.74 Å². The highest BCUT2D eigenvalue weighted by molar-refractivity contribution is 5.90. The van der Waals surface area contributed by atoms with Crippen LogP contribution in [0.15, 0.2) is 30.7 Å². The summed E-state index contributed by atoms with van der Waals surface area (Å²) in [5.74, 6) is 0.145. The molecule has 3 aromatic heterocycles. The molecule has 7 nitrogen and oxygen atoms in total. The Bertz CT molecular complexity index is 874. The minimum Gasteiger partial charge on any atom is -0.356 e. The summed E-state index contributed by atoms with van der Waals surface area (Å²) < 4.78 is 7.69. The third-order valence-electron chi connectivity index (χ3n) is 3.92. The van der Waals surface area contributed by atoms with Crippen molar-refractivity contribution in [1.82, 2.24) is 24.7 Å². The zero-order valence-electron chi connectivity index (χ0n) is 12.4. The van der Waals surface area contributed by atoms with E-state index in [2.05, 4.69) is 15.0 Å². The number of ether oxygens (including phenoxy) is 1. The minimum absolute atomic E-state index is 0.0887. The van der Waals surface area contributed by atoms with Gasteiger partial charge in [-0.3, -0.25) is 0 Å². The van der Waals surface area contributed by atoms with E-state index in [9.17, 15) is 0 Å². The van der Waals surface area contributed by atoms with Crippen LogP contribution in [0.3, 0.4) is 0 Å². The molecule has 1 aliphatic heterocycles. The third kappa shape index (κ3) is 2.43. The van der Waals surface area contributed by atoms with E-state index in [-0.39, 0.29) is 12.1 Å². The van der Waals surface area contributed by atoms with Gasteiger partial charge < -0.3 is 4.74 Å². The Morgan fingerprint density at radius 2 is 2.09 bits per heavy atom. The van der Waals surface area contributed by atoms with Gasteiger partial charge in [0.15, 0.2) is 11.9 Å². The number of hydrogen-bond acceptors (Lipinski definition) is 6. The van der Waals surface area contributed by atoms with Crippen LogP contribution in [0.25, 0.3) is 22.3 Å². The fraction of sp³-hybridized carbons (Fsp3) is 0.312. The van der Waals surface area contributed by atoms with Gasteiger partial charge in [-0.2, -0.15) is 10.4 Å². The lowest BCUT2D eigenvalue weighted by Gasteiger charge is -2.22. The van der Waals surface area contributed by atoms with Crippen LogP contribution in [-0.2, 0) is 4.74 Å². The molecule has 0 bridgehead atoms. The van der Waals surface area contributed by atoms with Crippen molar-refractivity contribution in [2.45, 2.75) is 25.5 Å². The van der Waals surface area contributed by atoms with Crippen LogP contribution in [0.5, 0.6) is 0 Å². The largest absolute Gasteiger partial charge is 0.356 e. The van der Waals surface area contributed by atoms with Gasteiger partial charge in [0.05, 0.1) is 0 Å². The molecular formula is C16H14N6O. The molecule has 4 heterocycles. The SMILES string of the molecule is N#Cc1ncc(-c2nn(C3CCCCO3)c3ncccc23)cn1. The lowest BCUT2D eigenvalue weighted by atomic mass is 10.1. The third-order valence-corrected chi connectivity index (χ3v) is 3.92. The lowest BCUT2D eigenvalue weighted by molar-refractivity contribution is -0.0368. The highest BCUT2D eigenvalue weighted by Gasteiger charge is 2.22. The number of nitriles is 1. The van der Waals surface area contributed by atoms with Crippen LogP contribution in [0.4, 0.5) is 0 Å². The molecule has 0 amide bonds. The normalized spacial score (nSPS) is 18.0. The molecule has 1 atom stereocenters. The maximum Gasteiger partial charge on any atom is 0.232 e. The summed E-state index contributed by atoms with van der Waals surface area (Å²) >= 11 is 0. The number of hydrogen-bond donors (Lipinski definition) is 0. The van der Waals surface area contributed by atoms with E-state index < -0.39 is 0 Å². The first kappa shape index (κ1) is 13.8. The number of rotatable bonds is 2. The molecule has 0 radical (unpaired) electrons. The van der Waals surface area contributed by atoms with E-state index in [0.29, 0.717) is 0 Å². The molecule has 4 rings (SSSR count). The van der Waals surface area contributed by atoms with Gasteiger partial charge in [-0.15, -0.1) is 0 Å². The maximum atomic E-state index is 8.82. The van der Waals surface area contributed by atoms with Gasteiger partial charge in [-0.1, -0.05) is 0 Å². The van der Waals surface area contributed by atoms with Crippen molar-refractivity contribution in [1.29, 1.82) is 5.26 Å². The summed E-state index contributed by atoms with van der Waals surface area (Å²) in [6.07, 6.45) is 8.03. The molecule has 1 unspecified atom stereocenters. The van der Waals surface area contributed by atoms with E-state index in [1.807, 2.05) is 22.9 Å². The molecule has 7 heteroatoms. The zero-order chi connectivity index (χ0) is 15.6. The lowest BCUT2D eigenvalue weighted by Crippen LogP contribution is -2.19. The van der Waals surface area contributed by atoms with Crippen molar-refractivity contribution in [3.63, 3.8) is 0 Å². The van der Waals surface area contributed by atoms with E-state index >= 15 is 0 Å². The maximum absolute atomic E-state index is 8.82. The summed E-state index contributed by atoms with van der Waals surface area (Å²) in [6, 6.07) is 5.77. The molecule has 3 aromatic rings. The monoisotopic (exact) mass is 306 g/mol. The van der Waals surface area contributed by atoms with Crippen molar-refractivity contribution >= 4 is 11.0 Å². The van der Waals surface area contributed by atoms with Crippen LogP contribution < -0.4 is 0 Å². The first-order chi connectivity index (χ1) is 11.4. The standard InChI is InChI=1S/C16H14N6O/c17-8-13-19-9-11(10-20-13)15-12-4-3-6-18-16(12)22(21-15)14-5-1-2-7-23-14/h3-4,6,9-10,14H,1-2,5,7H2. The first-order valence-corrected chi connectivity index (χ1v) is 7.54. The Hall–Kier alpha value is -2.85. The molecular weight excluding hydrogens is 292 g/mol. The van der Waals surface area contributed by atoms with E-state index in [4.69, 9.17) is 15.1 Å².